The van der Waals surface area contributed by atoms with Gasteiger partial charge in [0.25, 0.3) is 0 Å². The molecular formula is C15H28N2O3Si. The number of hydrogen-bond acceptors (Lipinski definition) is 5. The molecule has 0 saturated heterocycles. The van der Waals surface area contributed by atoms with E-state index in [-0.39, 0.29) is 0 Å². The highest BCUT2D eigenvalue weighted by atomic mass is 28.4. The first-order chi connectivity index (χ1) is 10.3. The average Bonchev–Trinajstić information content (AvgIpc) is 2.55. The lowest BCUT2D eigenvalue weighted by Gasteiger charge is -2.26. The monoisotopic (exact) mass is 312 g/mol. The minimum absolute atomic E-state index is 0.639. The van der Waals surface area contributed by atoms with Gasteiger partial charge in [0, 0.05) is 40.0 Å². The normalized spacial score (nSPS) is 11.8. The minimum Gasteiger partial charge on any atom is -0.377 e. The first-order valence-electron chi connectivity index (χ1n) is 7.45. The highest BCUT2D eigenvalue weighted by molar-refractivity contribution is 6.60. The van der Waals surface area contributed by atoms with Crippen LogP contribution >= 0.6 is 0 Å². The molecule has 0 heterocycles. The maximum Gasteiger partial charge on any atom is 0.500 e. The van der Waals surface area contributed by atoms with Crippen LogP contribution in [0.4, 0.5) is 0 Å². The molecule has 0 radical (unpaired) electrons. The van der Waals surface area contributed by atoms with Crippen LogP contribution in [0.25, 0.3) is 0 Å². The van der Waals surface area contributed by atoms with E-state index < -0.39 is 8.80 Å². The molecule has 0 bridgehead atoms. The van der Waals surface area contributed by atoms with Crippen molar-refractivity contribution in [1.29, 1.82) is 0 Å². The molecule has 0 aromatic heterocycles. The summed E-state index contributed by atoms with van der Waals surface area (Å²) in [4.78, 5) is 0. The molecule has 3 N–H and O–H groups in total. The van der Waals surface area contributed by atoms with E-state index in [1.165, 1.54) is 5.56 Å². The van der Waals surface area contributed by atoms with E-state index >= 15 is 0 Å². The second-order valence-corrected chi connectivity index (χ2v) is 7.79. The molecule has 1 rings (SSSR count). The van der Waals surface area contributed by atoms with Crippen molar-refractivity contribution >= 4 is 8.80 Å². The largest absolute Gasteiger partial charge is 0.500 e. The van der Waals surface area contributed by atoms with Gasteiger partial charge in [-0.05, 0) is 24.9 Å². The van der Waals surface area contributed by atoms with E-state index in [1.807, 2.05) is 18.2 Å². The predicted molar refractivity (Wildman–Crippen MR) is 87.2 cm³/mol. The minimum atomic E-state index is -2.55. The lowest BCUT2D eigenvalue weighted by atomic mass is 10.2. The highest BCUT2D eigenvalue weighted by Crippen LogP contribution is 2.17. The zero-order valence-electron chi connectivity index (χ0n) is 13.1. The van der Waals surface area contributed by atoms with Crippen LogP contribution in [0, 0.1) is 0 Å². The van der Waals surface area contributed by atoms with Gasteiger partial charge in [-0.2, -0.15) is 0 Å². The molecule has 120 valence electrons. The summed E-state index contributed by atoms with van der Waals surface area (Å²) in [5.41, 5.74) is 6.70. The van der Waals surface area contributed by atoms with Crippen molar-refractivity contribution < 1.29 is 13.3 Å². The summed E-state index contributed by atoms with van der Waals surface area (Å²) in [5.74, 6) is 0. The summed E-state index contributed by atoms with van der Waals surface area (Å²) in [7, 11) is 0.801. The molecule has 0 atom stereocenters. The third-order valence-corrected chi connectivity index (χ3v) is 6.08. The molecule has 0 aliphatic carbocycles. The SMILES string of the molecule is CO[Si](CCc1ccccc1)(OC)OCCCNCCN. The average molecular weight is 312 g/mol. The fraction of sp³-hybridized carbons (Fsp3) is 0.600. The maximum atomic E-state index is 5.95. The van der Waals surface area contributed by atoms with Crippen LogP contribution in [-0.2, 0) is 19.7 Å². The highest BCUT2D eigenvalue weighted by Gasteiger charge is 2.38. The van der Waals surface area contributed by atoms with Crippen LogP contribution < -0.4 is 11.1 Å². The molecule has 5 nitrogen and oxygen atoms in total. The fourth-order valence-electron chi connectivity index (χ4n) is 2.07. The van der Waals surface area contributed by atoms with Crippen LogP contribution in [-0.4, -0.2) is 49.3 Å². The van der Waals surface area contributed by atoms with E-state index in [2.05, 4.69) is 17.4 Å². The van der Waals surface area contributed by atoms with Gasteiger partial charge in [-0.3, -0.25) is 0 Å². The summed E-state index contributed by atoms with van der Waals surface area (Å²) in [6.07, 6.45) is 1.83. The Bertz CT molecular complexity index is 361. The van der Waals surface area contributed by atoms with E-state index in [0.29, 0.717) is 13.2 Å². The maximum absolute atomic E-state index is 5.95. The van der Waals surface area contributed by atoms with Crippen molar-refractivity contribution in [2.45, 2.75) is 18.9 Å². The number of aryl methyl sites for hydroxylation is 1. The topological polar surface area (TPSA) is 65.7 Å². The first-order valence-corrected chi connectivity index (χ1v) is 9.38. The molecule has 0 aliphatic rings. The van der Waals surface area contributed by atoms with Crippen LogP contribution in [0.2, 0.25) is 6.04 Å². The lowest BCUT2D eigenvalue weighted by molar-refractivity contribution is 0.0972. The van der Waals surface area contributed by atoms with Gasteiger partial charge in [0.1, 0.15) is 0 Å². The third-order valence-electron chi connectivity index (χ3n) is 3.33. The molecule has 0 amide bonds. The van der Waals surface area contributed by atoms with Crippen molar-refractivity contribution in [3.05, 3.63) is 35.9 Å². The molecule has 0 spiro atoms. The number of rotatable bonds is 12. The summed E-state index contributed by atoms with van der Waals surface area (Å²) in [6.45, 7) is 3.03. The van der Waals surface area contributed by atoms with Crippen LogP contribution in [0.1, 0.15) is 12.0 Å². The van der Waals surface area contributed by atoms with Gasteiger partial charge in [-0.15, -0.1) is 0 Å². The smallest absolute Gasteiger partial charge is 0.377 e. The second-order valence-electron chi connectivity index (χ2n) is 4.82. The lowest BCUT2D eigenvalue weighted by Crippen LogP contribution is -2.44. The molecular weight excluding hydrogens is 284 g/mol. The Morgan fingerprint density at radius 3 is 2.43 bits per heavy atom. The number of hydrogen-bond donors (Lipinski definition) is 2. The second kappa shape index (κ2) is 10.9. The molecule has 6 heteroatoms. The van der Waals surface area contributed by atoms with E-state index in [1.54, 1.807) is 14.2 Å². The van der Waals surface area contributed by atoms with Gasteiger partial charge in [-0.25, -0.2) is 0 Å². The molecule has 0 fully saturated rings. The van der Waals surface area contributed by atoms with Crippen molar-refractivity contribution in [3.8, 4) is 0 Å². The summed E-state index contributed by atoms with van der Waals surface area (Å²) in [5, 5.41) is 3.24. The zero-order valence-corrected chi connectivity index (χ0v) is 14.1. The first kappa shape index (κ1) is 18.3. The van der Waals surface area contributed by atoms with Crippen molar-refractivity contribution in [2.75, 3.05) is 40.5 Å². The van der Waals surface area contributed by atoms with Crippen molar-refractivity contribution in [3.63, 3.8) is 0 Å². The standard InChI is InChI=1S/C15H28N2O3Si/c1-18-21(19-2,20-13-6-11-17-12-10-16)14-9-15-7-4-3-5-8-15/h3-5,7-8,17H,6,9-14,16H2,1-2H3. The van der Waals surface area contributed by atoms with Crippen molar-refractivity contribution in [1.82, 2.24) is 5.32 Å². The molecule has 0 unspecified atom stereocenters. The van der Waals surface area contributed by atoms with Gasteiger partial charge < -0.3 is 24.3 Å². The molecule has 0 saturated carbocycles. The van der Waals surface area contributed by atoms with E-state index in [9.17, 15) is 0 Å². The van der Waals surface area contributed by atoms with E-state index in [0.717, 1.165) is 32.0 Å². The van der Waals surface area contributed by atoms with Gasteiger partial charge in [0.05, 0.1) is 0 Å². The number of nitrogens with two attached hydrogens (primary N) is 1. The Hall–Kier alpha value is -0.763. The number of nitrogens with one attached hydrogen (secondary N) is 1. The Balaban J connectivity index is 2.35. The van der Waals surface area contributed by atoms with E-state index in [4.69, 9.17) is 19.0 Å². The summed E-state index contributed by atoms with van der Waals surface area (Å²) >= 11 is 0. The summed E-state index contributed by atoms with van der Waals surface area (Å²) < 4.78 is 17.1. The molecule has 21 heavy (non-hydrogen) atoms. The van der Waals surface area contributed by atoms with Gasteiger partial charge in [0.2, 0.25) is 0 Å². The van der Waals surface area contributed by atoms with Gasteiger partial charge >= 0.3 is 8.80 Å². The summed E-state index contributed by atoms with van der Waals surface area (Å²) in [6, 6.07) is 11.1. The molecule has 1 aromatic carbocycles. The Kier molecular flexibility index (Phi) is 9.48. The van der Waals surface area contributed by atoms with Crippen LogP contribution in [0.15, 0.2) is 30.3 Å². The quantitative estimate of drug-likeness (QED) is 0.451. The number of benzene rings is 1. The van der Waals surface area contributed by atoms with Crippen LogP contribution in [0.5, 0.6) is 0 Å². The Morgan fingerprint density at radius 2 is 1.81 bits per heavy atom. The zero-order chi connectivity index (χ0) is 15.4. The molecule has 1 aromatic rings. The van der Waals surface area contributed by atoms with Gasteiger partial charge in [-0.1, -0.05) is 30.3 Å². The third kappa shape index (κ3) is 7.17. The Morgan fingerprint density at radius 1 is 1.10 bits per heavy atom. The van der Waals surface area contributed by atoms with Crippen molar-refractivity contribution in [2.24, 2.45) is 5.73 Å². The molecule has 0 aliphatic heterocycles. The fourth-order valence-corrected chi connectivity index (χ4v) is 4.08. The Labute approximate surface area is 129 Å². The van der Waals surface area contributed by atoms with Crippen LogP contribution in [0.3, 0.4) is 0 Å². The van der Waals surface area contributed by atoms with Gasteiger partial charge in [0.15, 0.2) is 0 Å². The predicted octanol–water partition coefficient (Wildman–Crippen LogP) is 1.42.